The second kappa shape index (κ2) is 9.41. The monoisotopic (exact) mass is 380 g/mol. The van der Waals surface area contributed by atoms with Crippen LogP contribution in [0.5, 0.6) is 11.5 Å². The van der Waals surface area contributed by atoms with E-state index in [-0.39, 0.29) is 13.2 Å². The van der Waals surface area contributed by atoms with Crippen molar-refractivity contribution in [3.63, 3.8) is 0 Å². The van der Waals surface area contributed by atoms with Gasteiger partial charge in [-0.25, -0.2) is 9.97 Å². The molecule has 4 aromatic rings. The van der Waals surface area contributed by atoms with Gasteiger partial charge >= 0.3 is 0 Å². The number of aromatic nitrogens is 2. The lowest BCUT2D eigenvalue weighted by Crippen LogP contribution is -1.83. The number of oxazole rings is 2. The van der Waals surface area contributed by atoms with Crippen molar-refractivity contribution in [1.82, 2.24) is 9.97 Å². The van der Waals surface area contributed by atoms with Gasteiger partial charge in [0, 0.05) is 11.1 Å². The van der Waals surface area contributed by atoms with Gasteiger partial charge in [0.1, 0.15) is 24.0 Å². The van der Waals surface area contributed by atoms with Crippen LogP contribution >= 0.6 is 0 Å². The van der Waals surface area contributed by atoms with Crippen molar-refractivity contribution in [2.24, 2.45) is 0 Å². The van der Waals surface area contributed by atoms with Gasteiger partial charge in [-0.05, 0) is 50.2 Å². The van der Waals surface area contributed by atoms with Crippen LogP contribution in [0, 0.1) is 13.8 Å². The average molecular weight is 380 g/mol. The number of phenols is 1. The summed E-state index contributed by atoms with van der Waals surface area (Å²) < 4.78 is 15.6. The summed E-state index contributed by atoms with van der Waals surface area (Å²) in [6.07, 6.45) is 3.22. The maximum Gasteiger partial charge on any atom is 0.226 e. The molecule has 0 amide bonds. The lowest BCUT2D eigenvalue weighted by atomic mass is 10.2. The quantitative estimate of drug-likeness (QED) is 0.494. The SMILES string of the molecule is C.COc1cccc(-c2nc(C)co2)c1.Cc1coc(-c2cccc(O)c2)n1. The Bertz CT molecular complexity index is 1020. The summed E-state index contributed by atoms with van der Waals surface area (Å²) in [6, 6.07) is 14.5. The highest BCUT2D eigenvalue weighted by molar-refractivity contribution is 5.56. The fourth-order valence-electron chi connectivity index (χ4n) is 2.37. The molecule has 28 heavy (non-hydrogen) atoms. The summed E-state index contributed by atoms with van der Waals surface area (Å²) in [7, 11) is 1.64. The molecule has 6 heteroatoms. The zero-order valence-corrected chi connectivity index (χ0v) is 15.3. The number of hydrogen-bond acceptors (Lipinski definition) is 6. The standard InChI is InChI=1S/C11H11NO2.C10H9NO2.CH4/c1-8-7-14-11(12-8)9-4-3-5-10(6-9)13-2;1-7-6-13-10(11-7)8-3-2-4-9(12)5-8;/h3-7H,1-2H3;2-6,12H,1H3;1H4. The smallest absolute Gasteiger partial charge is 0.226 e. The average Bonchev–Trinajstić information content (AvgIpc) is 3.31. The van der Waals surface area contributed by atoms with Crippen LogP contribution in [0.4, 0.5) is 0 Å². The first-order valence-electron chi connectivity index (χ1n) is 8.33. The summed E-state index contributed by atoms with van der Waals surface area (Å²) in [5.74, 6) is 2.18. The Balaban J connectivity index is 0.000000194. The molecule has 0 bridgehead atoms. The number of methoxy groups -OCH3 is 1. The molecule has 2 aromatic carbocycles. The molecule has 4 rings (SSSR count). The summed E-state index contributed by atoms with van der Waals surface area (Å²) in [4.78, 5) is 8.38. The molecular formula is C22H24N2O4. The van der Waals surface area contributed by atoms with Gasteiger partial charge in [0.05, 0.1) is 18.5 Å². The highest BCUT2D eigenvalue weighted by Crippen LogP contribution is 2.23. The molecule has 0 aliphatic carbocycles. The van der Waals surface area contributed by atoms with E-state index in [9.17, 15) is 5.11 Å². The zero-order valence-electron chi connectivity index (χ0n) is 15.3. The number of hydrogen-bond donors (Lipinski definition) is 1. The van der Waals surface area contributed by atoms with Crippen molar-refractivity contribution < 1.29 is 18.7 Å². The molecule has 0 saturated heterocycles. The molecule has 1 N–H and O–H groups in total. The minimum absolute atomic E-state index is 0. The van der Waals surface area contributed by atoms with E-state index in [1.54, 1.807) is 37.8 Å². The van der Waals surface area contributed by atoms with Crippen LogP contribution in [0.2, 0.25) is 0 Å². The number of aryl methyl sites for hydroxylation is 2. The van der Waals surface area contributed by atoms with Crippen molar-refractivity contribution in [2.45, 2.75) is 21.3 Å². The Morgan fingerprint density at radius 1 is 0.821 bits per heavy atom. The minimum Gasteiger partial charge on any atom is -0.508 e. The van der Waals surface area contributed by atoms with Crippen molar-refractivity contribution in [1.29, 1.82) is 0 Å². The Hall–Kier alpha value is -3.54. The van der Waals surface area contributed by atoms with E-state index < -0.39 is 0 Å². The van der Waals surface area contributed by atoms with E-state index in [0.29, 0.717) is 11.8 Å². The van der Waals surface area contributed by atoms with Crippen LogP contribution in [0.25, 0.3) is 22.9 Å². The van der Waals surface area contributed by atoms with Crippen molar-refractivity contribution in [3.8, 4) is 34.4 Å². The number of nitrogens with zero attached hydrogens (tertiary/aromatic N) is 2. The van der Waals surface area contributed by atoms with E-state index in [1.165, 1.54) is 0 Å². The predicted molar refractivity (Wildman–Crippen MR) is 108 cm³/mol. The summed E-state index contributed by atoms with van der Waals surface area (Å²) >= 11 is 0. The van der Waals surface area contributed by atoms with Crippen LogP contribution in [0.1, 0.15) is 18.8 Å². The molecular weight excluding hydrogens is 356 g/mol. The van der Waals surface area contributed by atoms with Gasteiger partial charge in [-0.3, -0.25) is 0 Å². The van der Waals surface area contributed by atoms with Crippen molar-refractivity contribution in [2.75, 3.05) is 7.11 Å². The Morgan fingerprint density at radius 3 is 1.82 bits per heavy atom. The molecule has 2 heterocycles. The van der Waals surface area contributed by atoms with Gasteiger partial charge < -0.3 is 18.7 Å². The normalized spacial score (nSPS) is 9.82. The fourth-order valence-corrected chi connectivity index (χ4v) is 2.37. The molecule has 0 radical (unpaired) electrons. The highest BCUT2D eigenvalue weighted by atomic mass is 16.5. The third kappa shape index (κ3) is 5.23. The first-order valence-corrected chi connectivity index (χ1v) is 8.33. The van der Waals surface area contributed by atoms with Gasteiger partial charge in [0.25, 0.3) is 0 Å². The maximum atomic E-state index is 9.21. The van der Waals surface area contributed by atoms with Gasteiger partial charge in [-0.15, -0.1) is 0 Å². The summed E-state index contributed by atoms with van der Waals surface area (Å²) in [6.45, 7) is 3.75. The molecule has 0 atom stereocenters. The number of aromatic hydroxyl groups is 1. The molecule has 0 aliphatic rings. The van der Waals surface area contributed by atoms with E-state index >= 15 is 0 Å². The largest absolute Gasteiger partial charge is 0.508 e. The van der Waals surface area contributed by atoms with Crippen LogP contribution in [-0.2, 0) is 0 Å². The minimum atomic E-state index is 0. The Kier molecular flexibility index (Phi) is 6.98. The number of rotatable bonds is 3. The first-order chi connectivity index (χ1) is 13.0. The molecule has 146 valence electrons. The maximum absolute atomic E-state index is 9.21. The Morgan fingerprint density at radius 2 is 1.36 bits per heavy atom. The zero-order chi connectivity index (χ0) is 19.2. The molecule has 0 unspecified atom stereocenters. The number of benzene rings is 2. The number of phenolic OH excluding ortho intramolecular Hbond substituents is 1. The fraction of sp³-hybridized carbons (Fsp3) is 0.182. The van der Waals surface area contributed by atoms with Crippen LogP contribution in [-0.4, -0.2) is 22.2 Å². The lowest BCUT2D eigenvalue weighted by Gasteiger charge is -2.00. The van der Waals surface area contributed by atoms with Gasteiger partial charge in [-0.2, -0.15) is 0 Å². The van der Waals surface area contributed by atoms with Crippen molar-refractivity contribution >= 4 is 0 Å². The third-order valence-corrected chi connectivity index (χ3v) is 3.65. The topological polar surface area (TPSA) is 81.5 Å². The highest BCUT2D eigenvalue weighted by Gasteiger charge is 2.05. The van der Waals surface area contributed by atoms with Gasteiger partial charge in [0.15, 0.2) is 0 Å². The van der Waals surface area contributed by atoms with E-state index in [2.05, 4.69) is 9.97 Å². The summed E-state index contributed by atoms with van der Waals surface area (Å²) in [5, 5.41) is 9.21. The molecule has 0 spiro atoms. The summed E-state index contributed by atoms with van der Waals surface area (Å²) in [5.41, 5.74) is 3.42. The van der Waals surface area contributed by atoms with E-state index in [0.717, 1.165) is 28.3 Å². The molecule has 0 saturated carbocycles. The third-order valence-electron chi connectivity index (χ3n) is 3.65. The van der Waals surface area contributed by atoms with Crippen LogP contribution < -0.4 is 4.74 Å². The number of ether oxygens (including phenoxy) is 1. The molecule has 0 fully saturated rings. The van der Waals surface area contributed by atoms with Crippen LogP contribution in [0.3, 0.4) is 0 Å². The lowest BCUT2D eigenvalue weighted by molar-refractivity contribution is 0.414. The van der Waals surface area contributed by atoms with Crippen molar-refractivity contribution in [3.05, 3.63) is 72.4 Å². The second-order valence-electron chi connectivity index (χ2n) is 5.87. The van der Waals surface area contributed by atoms with Crippen LogP contribution in [0.15, 0.2) is 69.9 Å². The Labute approximate surface area is 164 Å². The van der Waals surface area contributed by atoms with E-state index in [4.69, 9.17) is 13.6 Å². The van der Waals surface area contributed by atoms with Gasteiger partial charge in [0.2, 0.25) is 11.8 Å². The predicted octanol–water partition coefficient (Wildman–Crippen LogP) is 5.65. The van der Waals surface area contributed by atoms with Gasteiger partial charge in [-0.1, -0.05) is 19.6 Å². The first kappa shape index (κ1) is 20.8. The van der Waals surface area contributed by atoms with E-state index in [1.807, 2.05) is 44.2 Å². The molecule has 6 nitrogen and oxygen atoms in total. The molecule has 2 aromatic heterocycles. The second-order valence-corrected chi connectivity index (χ2v) is 5.87. The molecule has 0 aliphatic heterocycles.